The molecule has 34 heavy (non-hydrogen) atoms. The van der Waals surface area contributed by atoms with Gasteiger partial charge in [0.15, 0.2) is 0 Å². The zero-order chi connectivity index (χ0) is 23.9. The first kappa shape index (κ1) is 24.2. The molecule has 0 aliphatic carbocycles. The van der Waals surface area contributed by atoms with Crippen LogP contribution in [0.1, 0.15) is 49.3 Å². The van der Waals surface area contributed by atoms with E-state index in [0.29, 0.717) is 19.4 Å². The maximum absolute atomic E-state index is 12.0. The van der Waals surface area contributed by atoms with Crippen molar-refractivity contribution < 1.29 is 24.2 Å². The number of aliphatic hydroxyl groups is 1. The van der Waals surface area contributed by atoms with Crippen LogP contribution in [0, 0.1) is 11.8 Å². The van der Waals surface area contributed by atoms with E-state index >= 15 is 0 Å². The molecule has 1 aromatic carbocycles. The van der Waals surface area contributed by atoms with E-state index in [9.17, 15) is 15.0 Å². The molecule has 3 atom stereocenters. The molecule has 182 valence electrons. The van der Waals surface area contributed by atoms with Crippen molar-refractivity contribution in [1.82, 2.24) is 9.88 Å². The summed E-state index contributed by atoms with van der Waals surface area (Å²) < 4.78 is 10.4. The molecule has 0 radical (unpaired) electrons. The number of aliphatic hydroxyl groups excluding tert-OH is 1. The molecule has 0 bridgehead atoms. The number of methoxy groups -OCH3 is 1. The maximum atomic E-state index is 12.0. The van der Waals surface area contributed by atoms with Crippen molar-refractivity contribution in [2.75, 3.05) is 26.7 Å². The predicted molar refractivity (Wildman–Crippen MR) is 130 cm³/mol. The molecule has 1 aliphatic heterocycles. The molecule has 0 amide bonds. The molecule has 1 aliphatic rings. The number of furan rings is 1. The average molecular weight is 467 g/mol. The monoisotopic (exact) mass is 466 g/mol. The normalized spacial score (nSPS) is 19.8. The van der Waals surface area contributed by atoms with Crippen LogP contribution >= 0.6 is 0 Å². The summed E-state index contributed by atoms with van der Waals surface area (Å²) in [6, 6.07) is 9.47. The molecule has 0 spiro atoms. The number of likely N-dealkylation sites (tertiary alicyclic amines) is 1. The van der Waals surface area contributed by atoms with Crippen LogP contribution in [0.3, 0.4) is 0 Å². The van der Waals surface area contributed by atoms with Crippen LogP contribution in [0.25, 0.3) is 10.9 Å². The van der Waals surface area contributed by atoms with E-state index in [2.05, 4.69) is 9.88 Å². The Bertz CT molecular complexity index is 1070. The molecular formula is C27H34N2O5. The van der Waals surface area contributed by atoms with Crippen molar-refractivity contribution in [2.24, 2.45) is 11.8 Å². The summed E-state index contributed by atoms with van der Waals surface area (Å²) in [5, 5.41) is 21.7. The molecular weight excluding hydrogens is 432 g/mol. The van der Waals surface area contributed by atoms with Gasteiger partial charge in [-0.2, -0.15) is 0 Å². The summed E-state index contributed by atoms with van der Waals surface area (Å²) in [4.78, 5) is 18.7. The van der Waals surface area contributed by atoms with Gasteiger partial charge < -0.3 is 24.3 Å². The second-order valence-corrected chi connectivity index (χ2v) is 9.26. The van der Waals surface area contributed by atoms with Crippen LogP contribution in [0.4, 0.5) is 0 Å². The van der Waals surface area contributed by atoms with Crippen LogP contribution in [0.15, 0.2) is 53.5 Å². The van der Waals surface area contributed by atoms with Gasteiger partial charge in [-0.05, 0) is 99.0 Å². The quantitative estimate of drug-likeness (QED) is 0.396. The molecule has 3 aromatic rings. The van der Waals surface area contributed by atoms with Gasteiger partial charge in [0.05, 0.1) is 37.2 Å². The van der Waals surface area contributed by atoms with E-state index in [1.165, 1.54) is 5.56 Å². The number of pyridine rings is 1. The van der Waals surface area contributed by atoms with Gasteiger partial charge in [-0.25, -0.2) is 0 Å². The molecule has 1 saturated heterocycles. The standard InChI is InChI=1S/C27H34N2O5/c1-33-21-6-7-25-23(16-21)22(9-12-28-25)26(30)8-5-20-10-14-29(17-24(20)27(31)32)13-3-2-4-19-11-15-34-18-19/h6-7,9,11-12,15-16,18,20,24,26,30H,2-5,8,10,13-14,17H2,1H3,(H,31,32)/t20-,24+,26?/m1/s1. The number of hydrogen-bond acceptors (Lipinski definition) is 6. The van der Waals surface area contributed by atoms with Crippen LogP contribution in [0.5, 0.6) is 5.75 Å². The fourth-order valence-corrected chi connectivity index (χ4v) is 5.09. The number of aromatic nitrogens is 1. The van der Waals surface area contributed by atoms with Gasteiger partial charge in [0.1, 0.15) is 5.75 Å². The first-order valence-corrected chi connectivity index (χ1v) is 12.1. The molecule has 2 aromatic heterocycles. The van der Waals surface area contributed by atoms with Crippen molar-refractivity contribution in [3.8, 4) is 5.75 Å². The molecule has 7 nitrogen and oxygen atoms in total. The van der Waals surface area contributed by atoms with Crippen molar-refractivity contribution in [1.29, 1.82) is 0 Å². The fourth-order valence-electron chi connectivity index (χ4n) is 5.09. The number of benzene rings is 1. The molecule has 4 rings (SSSR count). The zero-order valence-electron chi connectivity index (χ0n) is 19.7. The molecule has 7 heteroatoms. The third-order valence-electron chi connectivity index (χ3n) is 7.08. The van der Waals surface area contributed by atoms with E-state index in [0.717, 1.165) is 61.0 Å². The number of aryl methyl sites for hydroxylation is 1. The Kier molecular flexibility index (Phi) is 8.19. The third-order valence-corrected chi connectivity index (χ3v) is 7.08. The lowest BCUT2D eigenvalue weighted by Gasteiger charge is -2.37. The third kappa shape index (κ3) is 5.96. The predicted octanol–water partition coefficient (Wildman–Crippen LogP) is 4.70. The van der Waals surface area contributed by atoms with E-state index in [1.54, 1.807) is 25.8 Å². The summed E-state index contributed by atoms with van der Waals surface area (Å²) in [7, 11) is 1.62. The average Bonchev–Trinajstić information content (AvgIpc) is 3.38. The second-order valence-electron chi connectivity index (χ2n) is 9.26. The van der Waals surface area contributed by atoms with Crippen LogP contribution in [0.2, 0.25) is 0 Å². The minimum atomic E-state index is -0.735. The Morgan fingerprint density at radius 3 is 2.94 bits per heavy atom. The molecule has 2 N–H and O–H groups in total. The molecule has 1 unspecified atom stereocenters. The van der Waals surface area contributed by atoms with Crippen LogP contribution in [-0.2, 0) is 11.2 Å². The fraction of sp³-hybridized carbons (Fsp3) is 0.481. The largest absolute Gasteiger partial charge is 0.497 e. The lowest BCUT2D eigenvalue weighted by molar-refractivity contribution is -0.146. The van der Waals surface area contributed by atoms with Crippen molar-refractivity contribution in [3.63, 3.8) is 0 Å². The second kappa shape index (κ2) is 11.5. The number of carbonyl (C=O) groups is 1. The highest BCUT2D eigenvalue weighted by Gasteiger charge is 2.34. The number of hydrogen-bond donors (Lipinski definition) is 2. The Balaban J connectivity index is 1.31. The van der Waals surface area contributed by atoms with E-state index < -0.39 is 18.0 Å². The molecule has 1 fully saturated rings. The summed E-state index contributed by atoms with van der Waals surface area (Å²) in [5.74, 6) is -0.347. The van der Waals surface area contributed by atoms with Crippen molar-refractivity contribution in [3.05, 3.63) is 60.2 Å². The lowest BCUT2D eigenvalue weighted by atomic mass is 9.81. The molecule has 0 saturated carbocycles. The SMILES string of the molecule is COc1ccc2nccc(C(O)CC[C@@H]3CCN(CCCCc4ccoc4)C[C@@H]3C(=O)O)c2c1. The number of carboxylic acid groups (broad SMARTS) is 1. The minimum Gasteiger partial charge on any atom is -0.497 e. The number of rotatable bonds is 11. The Morgan fingerprint density at radius 1 is 1.29 bits per heavy atom. The summed E-state index contributed by atoms with van der Waals surface area (Å²) >= 11 is 0. The van der Waals surface area contributed by atoms with Crippen molar-refractivity contribution >= 4 is 16.9 Å². The minimum absolute atomic E-state index is 0.0666. The lowest BCUT2D eigenvalue weighted by Crippen LogP contribution is -2.44. The van der Waals surface area contributed by atoms with Gasteiger partial charge in [-0.15, -0.1) is 0 Å². The van der Waals surface area contributed by atoms with Crippen LogP contribution in [-0.4, -0.2) is 52.8 Å². The Hall–Kier alpha value is -2.90. The summed E-state index contributed by atoms with van der Waals surface area (Å²) in [6.07, 6.45) is 9.66. The Labute approximate surface area is 200 Å². The number of carboxylic acids is 1. The number of ether oxygens (including phenoxy) is 1. The van der Waals surface area contributed by atoms with Gasteiger partial charge >= 0.3 is 5.97 Å². The smallest absolute Gasteiger partial charge is 0.308 e. The van der Waals surface area contributed by atoms with Gasteiger partial charge in [0.2, 0.25) is 0 Å². The highest BCUT2D eigenvalue weighted by molar-refractivity contribution is 5.83. The van der Waals surface area contributed by atoms with E-state index in [4.69, 9.17) is 9.15 Å². The summed E-state index contributed by atoms with van der Waals surface area (Å²) in [6.45, 7) is 2.41. The van der Waals surface area contributed by atoms with Gasteiger partial charge in [0, 0.05) is 18.1 Å². The zero-order valence-corrected chi connectivity index (χ0v) is 19.7. The first-order valence-electron chi connectivity index (χ1n) is 12.1. The van der Waals surface area contributed by atoms with Gasteiger partial charge in [0.25, 0.3) is 0 Å². The highest BCUT2D eigenvalue weighted by Crippen LogP contribution is 2.33. The first-order chi connectivity index (χ1) is 16.5. The highest BCUT2D eigenvalue weighted by atomic mass is 16.5. The van der Waals surface area contributed by atoms with Crippen molar-refractivity contribution in [2.45, 2.75) is 44.6 Å². The van der Waals surface area contributed by atoms with Gasteiger partial charge in [-0.1, -0.05) is 0 Å². The topological polar surface area (TPSA) is 96.0 Å². The van der Waals surface area contributed by atoms with E-state index in [1.807, 2.05) is 30.3 Å². The van der Waals surface area contributed by atoms with E-state index in [-0.39, 0.29) is 5.92 Å². The van der Waals surface area contributed by atoms with Crippen LogP contribution < -0.4 is 4.74 Å². The Morgan fingerprint density at radius 2 is 2.18 bits per heavy atom. The number of aliphatic carboxylic acids is 1. The molecule has 3 heterocycles. The van der Waals surface area contributed by atoms with Gasteiger partial charge in [-0.3, -0.25) is 9.78 Å². The number of nitrogens with zero attached hydrogens (tertiary/aromatic N) is 2. The number of unbranched alkanes of at least 4 members (excludes halogenated alkanes) is 1. The number of piperidine rings is 1. The maximum Gasteiger partial charge on any atom is 0.308 e. The summed E-state index contributed by atoms with van der Waals surface area (Å²) in [5.41, 5.74) is 2.83. The number of fused-ring (bicyclic) bond motifs is 1.